The second kappa shape index (κ2) is 50.5. The standard InChI is InChI=1S/C48H75NO15.C44H71NO13/c1-14-38-36(26-58-47-46(55-13)43(54-12)29(4)31(6)59-47)23-27(2)17-18-37(52)28(3)24-35-19-22-56-20-15-16-21-57-39(25-40(53)63-38)30(5)42(35)64-48-45(62-34(9)51)41(49(10)11)44(32(7)60-48)61-33(8)50;1-12-34-32(24-54-44-42(51-11)41(50-10)27(4)29(6)55-44)21-25(2)15-16-33(46)26(3)22-31-17-20-52-18-13-14-19-53-35(23-36(47)57-34)28(5)40(31)58-43-39(49)37(45(8)9)38(48)30(7)56-43/h15-19,22-23,28-32,35-36,38-39,41-48H,14,20-21,24-26H2,1-13H3;13-17,20-21,26-32,34-35,37-44,48-49H,12,18-19,22-24H2,1-11H3/b16-15+,18-17+,22-19-,27-23+;14-13+,16-15+,20-17-,25-21+/t28-,29-,30+,31?,32?,35+,36-,38-,39-,41?,42-,43+,44-,45?,46?,47-,48+;26-,27-,28+,29?,30?,31+,32-,34-,35-,37?,38-,39?,40-,41+,42?,43+,44-/m11/s1. The first-order chi connectivity index (χ1) is 58.0. The summed E-state index contributed by atoms with van der Waals surface area (Å²) >= 11 is 0. The first-order valence-corrected chi connectivity index (χ1v) is 43.6. The van der Waals surface area contributed by atoms with Crippen LogP contribution in [0.5, 0.6) is 0 Å². The van der Waals surface area contributed by atoms with Crippen molar-refractivity contribution in [2.45, 2.75) is 296 Å². The lowest BCUT2D eigenvalue weighted by molar-refractivity contribution is -0.307. The summed E-state index contributed by atoms with van der Waals surface area (Å²) in [5, 5.41) is 22.5. The fourth-order valence-electron chi connectivity index (χ4n) is 17.6. The minimum Gasteiger partial charge on any atom is -0.497 e. The maximum Gasteiger partial charge on any atom is 0.308 e. The van der Waals surface area contributed by atoms with Crippen LogP contribution in [0.2, 0.25) is 0 Å². The molecule has 8 rings (SSSR count). The summed E-state index contributed by atoms with van der Waals surface area (Å²) in [7, 11) is 13.6. The molecule has 34 atom stereocenters. The average molecular weight is 1730 g/mol. The molecule has 10 unspecified atom stereocenters. The van der Waals surface area contributed by atoms with E-state index in [0.717, 1.165) is 11.1 Å². The zero-order valence-electron chi connectivity index (χ0n) is 76.6. The van der Waals surface area contributed by atoms with Crippen LogP contribution < -0.4 is 0 Å². The molecule has 4 fully saturated rings. The monoisotopic (exact) mass is 1730 g/mol. The molecule has 4 bridgehead atoms. The van der Waals surface area contributed by atoms with Crippen LogP contribution in [0.15, 0.2) is 96.6 Å². The Kier molecular flexibility index (Phi) is 42.7. The van der Waals surface area contributed by atoms with Crippen LogP contribution in [0.1, 0.15) is 149 Å². The molecule has 0 aromatic heterocycles. The van der Waals surface area contributed by atoms with E-state index >= 15 is 0 Å². The molecule has 0 aliphatic carbocycles. The minimum atomic E-state index is -1.22. The van der Waals surface area contributed by atoms with Gasteiger partial charge in [-0.3, -0.25) is 33.7 Å². The van der Waals surface area contributed by atoms with E-state index < -0.39 is 194 Å². The Bertz CT molecular complexity index is 3510. The molecule has 0 spiro atoms. The summed E-state index contributed by atoms with van der Waals surface area (Å²) in [5.41, 5.74) is 1.57. The molecular formula is C92H146N2O28. The van der Waals surface area contributed by atoms with E-state index in [1.807, 2.05) is 130 Å². The molecule has 0 aromatic rings. The Morgan fingerprint density at radius 3 is 1.23 bits per heavy atom. The molecule has 0 amide bonds. The largest absolute Gasteiger partial charge is 0.497 e. The number of likely N-dealkylation sites (N-methyl/N-ethyl adjacent to an activating group) is 2. The van der Waals surface area contributed by atoms with E-state index in [4.69, 9.17) is 94.7 Å². The topological polar surface area (TPSA) is 334 Å². The number of ether oxygens (including phenoxy) is 20. The molecule has 2 N–H and O–H groups in total. The van der Waals surface area contributed by atoms with E-state index in [2.05, 4.69) is 6.92 Å². The third-order valence-corrected chi connectivity index (χ3v) is 25.0. The van der Waals surface area contributed by atoms with Gasteiger partial charge in [-0.25, -0.2) is 0 Å². The minimum absolute atomic E-state index is 0.0539. The molecule has 0 aromatic carbocycles. The van der Waals surface area contributed by atoms with E-state index in [9.17, 15) is 39.0 Å². The van der Waals surface area contributed by atoms with Gasteiger partial charge in [0.25, 0.3) is 0 Å². The third-order valence-electron chi connectivity index (χ3n) is 25.0. The quantitative estimate of drug-likeness (QED) is 0.0650. The number of carbonyl (C=O) groups excluding carboxylic acids is 6. The lowest BCUT2D eigenvalue weighted by atomic mass is 9.81. The number of hydrogen-bond acceptors (Lipinski definition) is 30. The lowest BCUT2D eigenvalue weighted by Crippen LogP contribution is -2.65. The smallest absolute Gasteiger partial charge is 0.308 e. The second-order valence-electron chi connectivity index (χ2n) is 34.5. The Labute approximate surface area is 724 Å². The van der Waals surface area contributed by atoms with Gasteiger partial charge in [0.2, 0.25) is 0 Å². The van der Waals surface area contributed by atoms with Gasteiger partial charge in [0, 0.05) is 101 Å². The van der Waals surface area contributed by atoms with E-state index in [1.54, 1.807) is 112 Å². The molecule has 692 valence electrons. The number of rotatable bonds is 20. The number of hydrogen-bond donors (Lipinski definition) is 2. The van der Waals surface area contributed by atoms with Crippen LogP contribution in [0.25, 0.3) is 0 Å². The van der Waals surface area contributed by atoms with Gasteiger partial charge < -0.3 is 110 Å². The highest BCUT2D eigenvalue weighted by atomic mass is 16.7. The van der Waals surface area contributed by atoms with Gasteiger partial charge >= 0.3 is 23.9 Å². The van der Waals surface area contributed by atoms with E-state index in [0.29, 0.717) is 25.7 Å². The van der Waals surface area contributed by atoms with Crippen LogP contribution in [0.3, 0.4) is 0 Å². The number of ketones is 2. The average Bonchev–Trinajstić information content (AvgIpc) is 0.796. The van der Waals surface area contributed by atoms with Gasteiger partial charge in [-0.05, 0) is 132 Å². The van der Waals surface area contributed by atoms with Gasteiger partial charge in [-0.2, -0.15) is 0 Å². The Morgan fingerprint density at radius 1 is 0.451 bits per heavy atom. The number of esters is 4. The predicted octanol–water partition coefficient (Wildman–Crippen LogP) is 9.89. The number of aliphatic hydroxyl groups excluding tert-OH is 2. The van der Waals surface area contributed by atoms with E-state index in [1.165, 1.54) is 13.8 Å². The molecule has 8 aliphatic heterocycles. The van der Waals surface area contributed by atoms with Crippen LogP contribution >= 0.6 is 0 Å². The van der Waals surface area contributed by atoms with Gasteiger partial charge in [0.05, 0.1) is 131 Å². The maximum atomic E-state index is 14.3. The van der Waals surface area contributed by atoms with Gasteiger partial charge in [0.15, 0.2) is 42.8 Å². The molecule has 0 radical (unpaired) electrons. The van der Waals surface area contributed by atoms with Crippen molar-refractivity contribution in [2.24, 2.45) is 59.2 Å². The summed E-state index contributed by atoms with van der Waals surface area (Å²) in [5.74, 6) is -5.94. The normalized spacial score (nSPS) is 42.2. The van der Waals surface area contributed by atoms with Crippen molar-refractivity contribution in [3.8, 4) is 0 Å². The van der Waals surface area contributed by atoms with Crippen molar-refractivity contribution < 1.29 is 134 Å². The molecule has 8 heterocycles. The number of fused-ring (bicyclic) bond motifs is 6. The van der Waals surface area contributed by atoms with Crippen LogP contribution in [-0.4, -0.2) is 299 Å². The highest BCUT2D eigenvalue weighted by molar-refractivity contribution is 5.92. The zero-order valence-corrected chi connectivity index (χ0v) is 76.6. The second-order valence-corrected chi connectivity index (χ2v) is 34.5. The van der Waals surface area contributed by atoms with Crippen LogP contribution in [-0.2, 0) is 124 Å². The van der Waals surface area contributed by atoms with Crippen molar-refractivity contribution in [3.63, 3.8) is 0 Å². The highest BCUT2D eigenvalue weighted by Gasteiger charge is 2.54. The Morgan fingerprint density at radius 2 is 0.836 bits per heavy atom. The number of methoxy groups -OCH3 is 4. The number of aliphatic hydroxyl groups is 2. The molecular weight excluding hydrogens is 1580 g/mol. The van der Waals surface area contributed by atoms with Crippen LogP contribution in [0, 0.1) is 59.2 Å². The molecule has 122 heavy (non-hydrogen) atoms. The van der Waals surface area contributed by atoms with Crippen LogP contribution in [0.4, 0.5) is 0 Å². The van der Waals surface area contributed by atoms with Crippen molar-refractivity contribution in [2.75, 3.05) is 96.3 Å². The number of allylic oxidation sites excluding steroid dienone is 6. The summed E-state index contributed by atoms with van der Waals surface area (Å²) in [6.07, 6.45) is 10.9. The Balaban J connectivity index is 0.000000337. The molecule has 0 saturated carbocycles. The van der Waals surface area contributed by atoms with Crippen molar-refractivity contribution in [1.29, 1.82) is 0 Å². The van der Waals surface area contributed by atoms with Gasteiger partial charge in [0.1, 0.15) is 49.8 Å². The summed E-state index contributed by atoms with van der Waals surface area (Å²) < 4.78 is 124. The van der Waals surface area contributed by atoms with Crippen molar-refractivity contribution in [3.05, 3.63) is 96.6 Å². The number of cyclic esters (lactones) is 2. The Hall–Kier alpha value is -5.98. The molecule has 4 saturated heterocycles. The lowest BCUT2D eigenvalue weighted by Gasteiger charge is -2.48. The zero-order chi connectivity index (χ0) is 89.9. The van der Waals surface area contributed by atoms with Gasteiger partial charge in [-0.15, -0.1) is 0 Å². The van der Waals surface area contributed by atoms with Crippen molar-refractivity contribution >= 4 is 35.4 Å². The SMILES string of the molecule is CC[C@H]1OC(=O)C[C@H]2OC/C=C/CO/C=C\[C@@H](C[C@@H](C)C(=O)/C=C/C(C)=C/[C@@H]1CO[C@@H]1OC(C)[C@@H](C)[C@H](OC)C1OC)[C@H](O[C@@H]1OC(C)[C@@H](O)C(N(C)C)C1O)[C@H]2C.CC[C@H]1OC(=O)C[C@H]2OC/C=C/CO/C=C\[C@@H](C[C@@H](C)C(=O)/C=C/C(C)=C/[C@@H]1CO[C@@H]1OC(C)[C@@H](C)[C@H](OC)C1OC)[C@H](O[C@@H]1OC(C)[C@@H](OC(C)=O)C(N(C)C)C1OC(C)=O)[C@H]2C. The molecule has 8 aliphatic rings. The van der Waals surface area contributed by atoms with Gasteiger partial charge in [-0.1, -0.05) is 103 Å². The fourth-order valence-corrected chi connectivity index (χ4v) is 17.6. The third kappa shape index (κ3) is 29.0. The highest BCUT2D eigenvalue weighted by Crippen LogP contribution is 2.41. The molecule has 30 heteroatoms. The molecule has 30 nitrogen and oxygen atoms in total. The first-order valence-electron chi connectivity index (χ1n) is 43.6. The predicted molar refractivity (Wildman–Crippen MR) is 452 cm³/mol. The summed E-state index contributed by atoms with van der Waals surface area (Å²) in [6.45, 7) is 30.6. The van der Waals surface area contributed by atoms with E-state index in [-0.39, 0.29) is 100 Å². The summed E-state index contributed by atoms with van der Waals surface area (Å²) in [6, 6.07) is -1.34. The fraction of sp³-hybridized carbons (Fsp3) is 0.761. The number of carbonyl (C=O) groups is 6. The summed E-state index contributed by atoms with van der Waals surface area (Å²) in [4.78, 5) is 84.8. The first kappa shape index (κ1) is 103. The number of nitrogens with zero attached hydrogens (tertiary/aromatic N) is 2. The maximum absolute atomic E-state index is 14.3. The van der Waals surface area contributed by atoms with Crippen molar-refractivity contribution in [1.82, 2.24) is 9.80 Å².